The van der Waals surface area contributed by atoms with E-state index in [4.69, 9.17) is 8.92 Å². The van der Waals surface area contributed by atoms with Gasteiger partial charge in [-0.1, -0.05) is 0 Å². The van der Waals surface area contributed by atoms with Gasteiger partial charge in [-0.05, 0) is 37.9 Å². The lowest BCUT2D eigenvalue weighted by Gasteiger charge is -2.24. The number of pyridine rings is 1. The van der Waals surface area contributed by atoms with Gasteiger partial charge in [0.25, 0.3) is 10.1 Å². The zero-order valence-electron chi connectivity index (χ0n) is 12.3. The topological polar surface area (TPSA) is 68.7 Å². The molecule has 6 nitrogen and oxygen atoms in total. The number of ether oxygens (including phenoxy) is 1. The molecule has 0 N–H and O–H groups in total. The van der Waals surface area contributed by atoms with Crippen LogP contribution in [0.25, 0.3) is 0 Å². The highest BCUT2D eigenvalue weighted by Gasteiger charge is 2.24. The highest BCUT2D eigenvalue weighted by molar-refractivity contribution is 7.85. The van der Waals surface area contributed by atoms with E-state index in [0.29, 0.717) is 19.1 Å². The van der Waals surface area contributed by atoms with Crippen LogP contribution in [-0.2, 0) is 14.3 Å². The molecule has 1 saturated heterocycles. The largest absolute Gasteiger partial charge is 0.490 e. The van der Waals surface area contributed by atoms with Crippen molar-refractivity contribution in [2.45, 2.75) is 25.3 Å². The summed E-state index contributed by atoms with van der Waals surface area (Å²) in [4.78, 5) is 6.36. The normalized spacial score (nSPS) is 19.8. The molecule has 1 aliphatic rings. The average molecular weight is 314 g/mol. The van der Waals surface area contributed by atoms with Gasteiger partial charge < -0.3 is 4.74 Å². The van der Waals surface area contributed by atoms with Crippen molar-refractivity contribution in [2.24, 2.45) is 0 Å². The van der Waals surface area contributed by atoms with E-state index in [2.05, 4.69) is 9.88 Å². The van der Waals surface area contributed by atoms with Gasteiger partial charge in [-0.2, -0.15) is 8.42 Å². The minimum atomic E-state index is -3.33. The van der Waals surface area contributed by atoms with Crippen LogP contribution in [0.15, 0.2) is 24.5 Å². The van der Waals surface area contributed by atoms with Gasteiger partial charge in [-0.25, -0.2) is 0 Å². The fourth-order valence-corrected chi connectivity index (χ4v) is 2.90. The lowest BCUT2D eigenvalue weighted by molar-refractivity contribution is 0.163. The molecule has 0 radical (unpaired) electrons. The average Bonchev–Trinajstić information content (AvgIpc) is 2.89. The molecule has 118 valence electrons. The van der Waals surface area contributed by atoms with Gasteiger partial charge in [0.2, 0.25) is 0 Å². The summed E-state index contributed by atoms with van der Waals surface area (Å²) < 4.78 is 32.3. The molecule has 2 rings (SSSR count). The van der Waals surface area contributed by atoms with E-state index in [1.54, 1.807) is 12.4 Å². The van der Waals surface area contributed by atoms with Gasteiger partial charge in [0.05, 0.1) is 19.1 Å². The van der Waals surface area contributed by atoms with Crippen molar-refractivity contribution in [2.75, 3.05) is 32.6 Å². The maximum atomic E-state index is 10.9. The molecule has 1 aromatic heterocycles. The van der Waals surface area contributed by atoms with E-state index < -0.39 is 10.1 Å². The van der Waals surface area contributed by atoms with Crippen molar-refractivity contribution in [3.8, 4) is 5.75 Å². The zero-order chi connectivity index (χ0) is 15.1. The van der Waals surface area contributed by atoms with Crippen LogP contribution in [0.2, 0.25) is 0 Å². The molecule has 1 fully saturated rings. The summed E-state index contributed by atoms with van der Waals surface area (Å²) in [6.07, 6.45) is 7.46. The fraction of sp³-hybridized carbons (Fsp3) is 0.643. The zero-order valence-corrected chi connectivity index (χ0v) is 13.1. The Kier molecular flexibility index (Phi) is 5.96. The first kappa shape index (κ1) is 16.2. The standard InChI is InChI=1S/C14H22N2O4S/c1-21(17,18)20-10-4-9-16-8-3-5-13(16)12-19-14-6-2-7-15-11-14/h2,6-7,11,13H,3-5,8-10,12H2,1H3/t13-/m0/s1. The third-order valence-electron chi connectivity index (χ3n) is 3.46. The highest BCUT2D eigenvalue weighted by atomic mass is 32.2. The number of likely N-dealkylation sites (tertiary alicyclic amines) is 1. The van der Waals surface area contributed by atoms with Crippen molar-refractivity contribution in [3.63, 3.8) is 0 Å². The van der Waals surface area contributed by atoms with E-state index in [1.165, 1.54) is 0 Å². The molecular weight excluding hydrogens is 292 g/mol. The first-order chi connectivity index (χ1) is 10.0. The predicted octanol–water partition coefficient (Wildman–Crippen LogP) is 1.29. The van der Waals surface area contributed by atoms with Crippen molar-refractivity contribution >= 4 is 10.1 Å². The number of rotatable bonds is 8. The van der Waals surface area contributed by atoms with Crippen LogP contribution < -0.4 is 4.74 Å². The Morgan fingerprint density at radius 3 is 3.05 bits per heavy atom. The SMILES string of the molecule is CS(=O)(=O)OCCCN1CCC[C@H]1COc1cccnc1. The maximum Gasteiger partial charge on any atom is 0.264 e. The second-order valence-electron chi connectivity index (χ2n) is 5.21. The van der Waals surface area contributed by atoms with Gasteiger partial charge in [-0.15, -0.1) is 0 Å². The molecule has 0 spiro atoms. The summed E-state index contributed by atoms with van der Waals surface area (Å²) in [5.41, 5.74) is 0. The summed E-state index contributed by atoms with van der Waals surface area (Å²) in [7, 11) is -3.33. The lowest BCUT2D eigenvalue weighted by atomic mass is 10.2. The predicted molar refractivity (Wildman–Crippen MR) is 79.7 cm³/mol. The number of hydrogen-bond donors (Lipinski definition) is 0. The van der Waals surface area contributed by atoms with Gasteiger partial charge in [-0.3, -0.25) is 14.1 Å². The molecule has 7 heteroatoms. The third-order valence-corrected chi connectivity index (χ3v) is 4.06. The highest BCUT2D eigenvalue weighted by Crippen LogP contribution is 2.19. The third kappa shape index (κ3) is 5.99. The second-order valence-corrected chi connectivity index (χ2v) is 6.86. The summed E-state index contributed by atoms with van der Waals surface area (Å²) in [6.45, 7) is 2.74. The summed E-state index contributed by atoms with van der Waals surface area (Å²) in [5.74, 6) is 0.782. The molecule has 0 aromatic carbocycles. The van der Waals surface area contributed by atoms with Crippen LogP contribution in [0.5, 0.6) is 5.75 Å². The number of nitrogens with zero attached hydrogens (tertiary/aromatic N) is 2. The Labute approximate surface area is 126 Å². The number of aromatic nitrogens is 1. The summed E-state index contributed by atoms with van der Waals surface area (Å²) >= 11 is 0. The van der Waals surface area contributed by atoms with E-state index in [-0.39, 0.29) is 6.61 Å². The molecule has 0 amide bonds. The van der Waals surface area contributed by atoms with Crippen molar-refractivity contribution in [3.05, 3.63) is 24.5 Å². The van der Waals surface area contributed by atoms with Gasteiger partial charge >= 0.3 is 0 Å². The number of hydrogen-bond acceptors (Lipinski definition) is 6. The molecule has 1 aliphatic heterocycles. The van der Waals surface area contributed by atoms with E-state index >= 15 is 0 Å². The quantitative estimate of drug-likeness (QED) is 0.532. The Bertz CT molecular complexity index is 521. The van der Waals surface area contributed by atoms with Crippen LogP contribution in [0, 0.1) is 0 Å². The minimum Gasteiger partial charge on any atom is -0.490 e. The molecular formula is C14H22N2O4S. The fourth-order valence-electron chi connectivity index (χ4n) is 2.48. The lowest BCUT2D eigenvalue weighted by Crippen LogP contribution is -2.35. The smallest absolute Gasteiger partial charge is 0.264 e. The Morgan fingerprint density at radius 2 is 2.33 bits per heavy atom. The minimum absolute atomic E-state index is 0.242. The summed E-state index contributed by atoms with van der Waals surface area (Å²) in [6, 6.07) is 4.12. The molecule has 0 saturated carbocycles. The van der Waals surface area contributed by atoms with E-state index in [0.717, 1.165) is 37.9 Å². The van der Waals surface area contributed by atoms with Gasteiger partial charge in [0, 0.05) is 18.8 Å². The molecule has 21 heavy (non-hydrogen) atoms. The Morgan fingerprint density at radius 1 is 1.48 bits per heavy atom. The van der Waals surface area contributed by atoms with Crippen molar-refractivity contribution in [1.82, 2.24) is 9.88 Å². The van der Waals surface area contributed by atoms with Gasteiger partial charge in [0.15, 0.2) is 0 Å². The molecule has 1 aromatic rings. The first-order valence-corrected chi connectivity index (χ1v) is 8.97. The van der Waals surface area contributed by atoms with Crippen LogP contribution in [0.1, 0.15) is 19.3 Å². The van der Waals surface area contributed by atoms with Crippen LogP contribution in [-0.4, -0.2) is 56.9 Å². The Balaban J connectivity index is 1.70. The first-order valence-electron chi connectivity index (χ1n) is 7.16. The molecule has 0 bridgehead atoms. The van der Waals surface area contributed by atoms with Crippen molar-refractivity contribution < 1.29 is 17.3 Å². The van der Waals surface area contributed by atoms with Crippen LogP contribution in [0.3, 0.4) is 0 Å². The van der Waals surface area contributed by atoms with E-state index in [1.807, 2.05) is 12.1 Å². The molecule has 2 heterocycles. The molecule has 1 atom stereocenters. The second kappa shape index (κ2) is 7.72. The van der Waals surface area contributed by atoms with Crippen LogP contribution in [0.4, 0.5) is 0 Å². The monoisotopic (exact) mass is 314 g/mol. The molecule has 0 aliphatic carbocycles. The Hall–Kier alpha value is -1.18. The van der Waals surface area contributed by atoms with E-state index in [9.17, 15) is 8.42 Å². The summed E-state index contributed by atoms with van der Waals surface area (Å²) in [5, 5.41) is 0. The van der Waals surface area contributed by atoms with Gasteiger partial charge in [0.1, 0.15) is 12.4 Å². The molecule has 0 unspecified atom stereocenters. The maximum absolute atomic E-state index is 10.9. The van der Waals surface area contributed by atoms with Crippen molar-refractivity contribution in [1.29, 1.82) is 0 Å². The van der Waals surface area contributed by atoms with Crippen LogP contribution >= 0.6 is 0 Å².